The molecule has 0 atom stereocenters. The molecule has 0 N–H and O–H groups in total. The van der Waals surface area contributed by atoms with Gasteiger partial charge in [-0.15, -0.1) is 21.5 Å². The summed E-state index contributed by atoms with van der Waals surface area (Å²) in [6.07, 6.45) is 0. The van der Waals surface area contributed by atoms with Gasteiger partial charge in [-0.25, -0.2) is 17.7 Å². The van der Waals surface area contributed by atoms with E-state index in [1.807, 2.05) is 46.2 Å². The number of para-hydroxylation sites is 2. The monoisotopic (exact) mass is 481 g/mol. The predicted molar refractivity (Wildman–Crippen MR) is 127 cm³/mol. The van der Waals surface area contributed by atoms with Gasteiger partial charge in [-0.05, 0) is 35.7 Å². The number of anilines is 1. The zero-order valence-corrected chi connectivity index (χ0v) is 19.6. The molecule has 0 aliphatic carbocycles. The van der Waals surface area contributed by atoms with Gasteiger partial charge in [-0.2, -0.15) is 0 Å². The Bertz CT molecular complexity index is 1580. The lowest BCUT2D eigenvalue weighted by molar-refractivity contribution is 0.354. The van der Waals surface area contributed by atoms with Crippen LogP contribution in [0.1, 0.15) is 0 Å². The number of sulfonamides is 1. The first-order chi connectivity index (χ1) is 16.0. The molecule has 0 saturated carbocycles. The second-order valence-corrected chi connectivity index (χ2v) is 9.99. The van der Waals surface area contributed by atoms with E-state index < -0.39 is 10.0 Å². The van der Waals surface area contributed by atoms with E-state index in [0.29, 0.717) is 28.5 Å². The Kier molecular flexibility index (Phi) is 5.14. The van der Waals surface area contributed by atoms with Crippen LogP contribution in [-0.2, 0) is 10.0 Å². The largest absolute Gasteiger partial charge is 0.493 e. The molecule has 168 valence electrons. The van der Waals surface area contributed by atoms with Gasteiger partial charge >= 0.3 is 0 Å². The molecular formula is C22H19N5O4S2. The van der Waals surface area contributed by atoms with Crippen molar-refractivity contribution in [1.29, 1.82) is 0 Å². The topological polar surface area (TPSA) is 98.9 Å². The maximum absolute atomic E-state index is 13.5. The zero-order chi connectivity index (χ0) is 23.2. The summed E-state index contributed by atoms with van der Waals surface area (Å²) in [6, 6.07) is 15.8. The fourth-order valence-electron chi connectivity index (χ4n) is 3.59. The van der Waals surface area contributed by atoms with Crippen LogP contribution in [-0.4, -0.2) is 49.3 Å². The summed E-state index contributed by atoms with van der Waals surface area (Å²) in [5.41, 5.74) is 1.73. The lowest BCUT2D eigenvalue weighted by Gasteiger charge is -2.20. The van der Waals surface area contributed by atoms with Crippen LogP contribution in [0.3, 0.4) is 0 Å². The third-order valence-electron chi connectivity index (χ3n) is 5.27. The van der Waals surface area contributed by atoms with Crippen molar-refractivity contribution >= 4 is 43.9 Å². The highest BCUT2D eigenvalue weighted by Crippen LogP contribution is 2.34. The van der Waals surface area contributed by atoms with Crippen LogP contribution in [0.15, 0.2) is 64.9 Å². The minimum Gasteiger partial charge on any atom is -0.493 e. The number of nitrogens with zero attached hydrogens (tertiary/aromatic N) is 5. The second kappa shape index (κ2) is 8.01. The van der Waals surface area contributed by atoms with Crippen LogP contribution in [0.25, 0.3) is 27.4 Å². The number of rotatable bonds is 6. The number of ether oxygens (including phenoxy) is 2. The molecule has 0 saturated heterocycles. The van der Waals surface area contributed by atoms with Gasteiger partial charge in [0.25, 0.3) is 10.0 Å². The van der Waals surface area contributed by atoms with E-state index in [1.165, 1.54) is 44.7 Å². The van der Waals surface area contributed by atoms with Gasteiger partial charge < -0.3 is 9.47 Å². The van der Waals surface area contributed by atoms with Gasteiger partial charge in [-0.1, -0.05) is 18.2 Å². The summed E-state index contributed by atoms with van der Waals surface area (Å²) in [5, 5.41) is 10.6. The van der Waals surface area contributed by atoms with Crippen LogP contribution in [0, 0.1) is 0 Å². The fraction of sp³-hybridized carbons (Fsp3) is 0.136. The maximum atomic E-state index is 13.5. The highest BCUT2D eigenvalue weighted by Gasteiger charge is 2.28. The Morgan fingerprint density at radius 3 is 2.48 bits per heavy atom. The van der Waals surface area contributed by atoms with Gasteiger partial charge in [0.1, 0.15) is 0 Å². The van der Waals surface area contributed by atoms with Crippen molar-refractivity contribution in [2.75, 3.05) is 25.6 Å². The lowest BCUT2D eigenvalue weighted by Crippen LogP contribution is -2.28. The van der Waals surface area contributed by atoms with E-state index in [1.54, 1.807) is 6.07 Å². The number of fused-ring (bicyclic) bond motifs is 3. The number of benzene rings is 2. The highest BCUT2D eigenvalue weighted by atomic mass is 32.2. The third-order valence-corrected chi connectivity index (χ3v) is 7.87. The molecule has 0 spiro atoms. The van der Waals surface area contributed by atoms with E-state index >= 15 is 0 Å². The van der Waals surface area contributed by atoms with Crippen LogP contribution >= 0.6 is 11.3 Å². The normalized spacial score (nSPS) is 11.7. The van der Waals surface area contributed by atoms with E-state index in [-0.39, 0.29) is 10.7 Å². The first-order valence-corrected chi connectivity index (χ1v) is 12.2. The predicted octanol–water partition coefficient (Wildman–Crippen LogP) is 3.85. The van der Waals surface area contributed by atoms with Crippen LogP contribution in [0.4, 0.5) is 5.82 Å². The molecule has 0 radical (unpaired) electrons. The summed E-state index contributed by atoms with van der Waals surface area (Å²) < 4.78 is 40.6. The SMILES string of the molecule is COc1ccc(S(=O)(=O)N(C)c2nc3ccccc3n3c(-c4cccs4)nnc23)cc1OC. The smallest absolute Gasteiger partial charge is 0.265 e. The average molecular weight is 482 g/mol. The molecule has 5 rings (SSSR count). The molecule has 5 aromatic rings. The van der Waals surface area contributed by atoms with Crippen molar-refractivity contribution < 1.29 is 17.9 Å². The Morgan fingerprint density at radius 1 is 0.970 bits per heavy atom. The van der Waals surface area contributed by atoms with Crippen molar-refractivity contribution in [3.8, 4) is 22.2 Å². The molecular weight excluding hydrogens is 462 g/mol. The second-order valence-electron chi connectivity index (χ2n) is 7.07. The number of thiophene rings is 1. The van der Waals surface area contributed by atoms with Gasteiger partial charge in [0, 0.05) is 13.1 Å². The van der Waals surface area contributed by atoms with Crippen molar-refractivity contribution in [1.82, 2.24) is 19.6 Å². The minimum absolute atomic E-state index is 0.0359. The Morgan fingerprint density at radius 2 is 1.76 bits per heavy atom. The van der Waals surface area contributed by atoms with E-state index in [4.69, 9.17) is 9.47 Å². The van der Waals surface area contributed by atoms with Gasteiger partial charge in [0.2, 0.25) is 5.65 Å². The molecule has 0 bridgehead atoms. The molecule has 0 fully saturated rings. The molecule has 11 heteroatoms. The first kappa shape index (κ1) is 21.2. The van der Waals surface area contributed by atoms with Crippen LogP contribution < -0.4 is 13.8 Å². The Balaban J connectivity index is 1.73. The molecule has 3 heterocycles. The van der Waals surface area contributed by atoms with Crippen molar-refractivity contribution in [2.24, 2.45) is 0 Å². The molecule has 0 aliphatic heterocycles. The van der Waals surface area contributed by atoms with Crippen LogP contribution in [0.5, 0.6) is 11.5 Å². The first-order valence-electron chi connectivity index (χ1n) is 9.84. The van der Waals surface area contributed by atoms with E-state index in [9.17, 15) is 8.42 Å². The van der Waals surface area contributed by atoms with Crippen molar-refractivity contribution in [3.05, 3.63) is 60.0 Å². The van der Waals surface area contributed by atoms with E-state index in [2.05, 4.69) is 15.2 Å². The molecule has 33 heavy (non-hydrogen) atoms. The molecule has 0 aliphatic rings. The van der Waals surface area contributed by atoms with Gasteiger partial charge in [0.15, 0.2) is 23.1 Å². The maximum Gasteiger partial charge on any atom is 0.265 e. The molecule has 2 aromatic carbocycles. The van der Waals surface area contributed by atoms with Crippen LogP contribution in [0.2, 0.25) is 0 Å². The molecule has 3 aromatic heterocycles. The Hall–Kier alpha value is -3.70. The lowest BCUT2D eigenvalue weighted by atomic mass is 10.3. The summed E-state index contributed by atoms with van der Waals surface area (Å²) in [4.78, 5) is 5.59. The number of aromatic nitrogens is 4. The molecule has 9 nitrogen and oxygen atoms in total. The standard InChI is InChI=1S/C22H19N5O4S2/c1-26(33(28,29)14-10-11-17(30-2)18(13-14)31-3)21-22-25-24-20(19-9-6-12-32-19)27(22)16-8-5-4-7-15(16)23-21/h4-13H,1-3H3. The number of hydrogen-bond donors (Lipinski definition) is 0. The number of methoxy groups -OCH3 is 2. The minimum atomic E-state index is -4.00. The quantitative estimate of drug-likeness (QED) is 0.363. The number of hydrogen-bond acceptors (Lipinski definition) is 8. The fourth-order valence-corrected chi connectivity index (χ4v) is 5.46. The van der Waals surface area contributed by atoms with Gasteiger partial charge in [-0.3, -0.25) is 4.40 Å². The molecule has 0 unspecified atom stereocenters. The van der Waals surface area contributed by atoms with E-state index in [0.717, 1.165) is 14.7 Å². The summed E-state index contributed by atoms with van der Waals surface area (Å²) >= 11 is 1.53. The van der Waals surface area contributed by atoms with Crippen molar-refractivity contribution in [2.45, 2.75) is 4.90 Å². The Labute approximate surface area is 193 Å². The summed E-state index contributed by atoms with van der Waals surface area (Å²) in [5.74, 6) is 1.53. The molecule has 0 amide bonds. The van der Waals surface area contributed by atoms with Crippen molar-refractivity contribution in [3.63, 3.8) is 0 Å². The third kappa shape index (κ3) is 3.36. The highest BCUT2D eigenvalue weighted by molar-refractivity contribution is 7.92. The summed E-state index contributed by atoms with van der Waals surface area (Å²) in [6.45, 7) is 0. The van der Waals surface area contributed by atoms with Gasteiger partial charge in [0.05, 0.1) is 35.0 Å². The average Bonchev–Trinajstić information content (AvgIpc) is 3.52. The zero-order valence-electron chi connectivity index (χ0n) is 18.0. The summed E-state index contributed by atoms with van der Waals surface area (Å²) in [7, 11) is 0.393.